The Morgan fingerprint density at radius 3 is 2.45 bits per heavy atom. The number of aromatic amines is 1. The molecule has 40 heavy (non-hydrogen) atoms. The van der Waals surface area contributed by atoms with Gasteiger partial charge in [-0.25, -0.2) is 4.79 Å². The van der Waals surface area contributed by atoms with Crippen LogP contribution in [0.25, 0.3) is 10.9 Å². The summed E-state index contributed by atoms with van der Waals surface area (Å²) >= 11 is 0. The summed E-state index contributed by atoms with van der Waals surface area (Å²) in [6, 6.07) is 5.99. The first-order valence-electron chi connectivity index (χ1n) is 14.7. The summed E-state index contributed by atoms with van der Waals surface area (Å²) in [7, 11) is 1.30. The van der Waals surface area contributed by atoms with Crippen molar-refractivity contribution in [3.63, 3.8) is 0 Å². The standard InChI is InChI=1S/C30H41N5O5/c1-40-30(39)25(17-22-18-32-24-10-6-5-9-23(22)24)33-27(36)26-19-34(28(37)21-11-13-31-14-12-21)15-16-35(26)29(38)20-7-3-2-4-8-20/h5-6,9-10,18,20-21,25-26,31-32H,2-4,7-8,11-17,19H2,1H3,(H,33,36)/t25-,26-/m1/s1. The first kappa shape index (κ1) is 28.1. The molecule has 216 valence electrons. The fourth-order valence-electron chi connectivity index (χ4n) is 6.51. The molecule has 1 aliphatic carbocycles. The van der Waals surface area contributed by atoms with E-state index in [2.05, 4.69) is 15.6 Å². The number of esters is 1. The van der Waals surface area contributed by atoms with Gasteiger partial charge in [0.1, 0.15) is 12.1 Å². The first-order chi connectivity index (χ1) is 19.5. The van der Waals surface area contributed by atoms with Gasteiger partial charge in [0.05, 0.1) is 13.7 Å². The van der Waals surface area contributed by atoms with E-state index in [1.54, 1.807) is 9.80 Å². The molecule has 10 nitrogen and oxygen atoms in total. The molecule has 3 amide bonds. The molecule has 1 aromatic carbocycles. The predicted molar refractivity (Wildman–Crippen MR) is 150 cm³/mol. The number of hydrogen-bond donors (Lipinski definition) is 3. The lowest BCUT2D eigenvalue weighted by Crippen LogP contribution is -2.64. The molecule has 2 saturated heterocycles. The van der Waals surface area contributed by atoms with Crippen LogP contribution >= 0.6 is 0 Å². The summed E-state index contributed by atoms with van der Waals surface area (Å²) in [5.74, 6) is -1.12. The molecule has 3 aliphatic rings. The molecule has 2 aliphatic heterocycles. The van der Waals surface area contributed by atoms with Gasteiger partial charge in [-0.2, -0.15) is 0 Å². The lowest BCUT2D eigenvalue weighted by molar-refractivity contribution is -0.154. The van der Waals surface area contributed by atoms with Crippen LogP contribution in [0.1, 0.15) is 50.5 Å². The molecule has 3 heterocycles. The minimum atomic E-state index is -0.932. The monoisotopic (exact) mass is 551 g/mol. The van der Waals surface area contributed by atoms with Crippen molar-refractivity contribution in [1.29, 1.82) is 0 Å². The third-order valence-corrected chi connectivity index (χ3v) is 8.82. The molecule has 0 unspecified atom stereocenters. The molecular weight excluding hydrogens is 510 g/mol. The summed E-state index contributed by atoms with van der Waals surface area (Å²) in [5.41, 5.74) is 1.82. The van der Waals surface area contributed by atoms with Gasteiger partial charge >= 0.3 is 5.97 Å². The number of carbonyl (C=O) groups excluding carboxylic acids is 4. The summed E-state index contributed by atoms with van der Waals surface area (Å²) in [6.45, 7) is 2.47. The van der Waals surface area contributed by atoms with Crippen molar-refractivity contribution in [2.75, 3.05) is 39.8 Å². The molecule has 5 rings (SSSR count). The fraction of sp³-hybridized carbons (Fsp3) is 0.600. The summed E-state index contributed by atoms with van der Waals surface area (Å²) < 4.78 is 5.05. The Bertz CT molecular complexity index is 1220. The number of piperazine rings is 1. The zero-order valence-corrected chi connectivity index (χ0v) is 23.3. The normalized spacial score (nSPS) is 21.7. The average molecular weight is 552 g/mol. The van der Waals surface area contributed by atoms with Gasteiger partial charge in [0.25, 0.3) is 0 Å². The minimum absolute atomic E-state index is 0.0138. The Morgan fingerprint density at radius 2 is 1.70 bits per heavy atom. The number of piperidine rings is 1. The van der Waals surface area contributed by atoms with Crippen LogP contribution in [0.5, 0.6) is 0 Å². The number of nitrogens with one attached hydrogen (secondary N) is 3. The average Bonchev–Trinajstić information content (AvgIpc) is 3.42. The van der Waals surface area contributed by atoms with Crippen molar-refractivity contribution >= 4 is 34.6 Å². The SMILES string of the molecule is COC(=O)[C@@H](Cc1c[nH]c2ccccc12)NC(=O)[C@H]1CN(C(=O)C2CCNCC2)CCN1C(=O)C1CCCCC1. The number of carbonyl (C=O) groups is 4. The van der Waals surface area contributed by atoms with E-state index in [4.69, 9.17) is 4.74 Å². The van der Waals surface area contributed by atoms with Gasteiger partial charge < -0.3 is 30.2 Å². The number of fused-ring (bicyclic) bond motifs is 1. The Hall–Kier alpha value is -3.40. The van der Waals surface area contributed by atoms with Gasteiger partial charge in [0, 0.05) is 48.4 Å². The summed E-state index contributed by atoms with van der Waals surface area (Å²) in [4.78, 5) is 60.4. The maximum absolute atomic E-state index is 13.9. The number of para-hydroxylation sites is 1. The Labute approximate surface area is 235 Å². The molecule has 2 atom stereocenters. The zero-order chi connectivity index (χ0) is 28.1. The molecule has 2 aromatic rings. The highest BCUT2D eigenvalue weighted by Crippen LogP contribution is 2.28. The maximum Gasteiger partial charge on any atom is 0.328 e. The summed E-state index contributed by atoms with van der Waals surface area (Å²) in [5, 5.41) is 7.16. The first-order valence-corrected chi connectivity index (χ1v) is 14.7. The van der Waals surface area contributed by atoms with E-state index < -0.39 is 24.0 Å². The van der Waals surface area contributed by atoms with Crippen LogP contribution in [-0.4, -0.2) is 90.4 Å². The number of methoxy groups -OCH3 is 1. The number of rotatable bonds is 7. The number of aromatic nitrogens is 1. The molecule has 3 fully saturated rings. The Morgan fingerprint density at radius 1 is 0.975 bits per heavy atom. The second kappa shape index (κ2) is 12.8. The van der Waals surface area contributed by atoms with Gasteiger partial charge in [-0.1, -0.05) is 37.5 Å². The number of H-pyrrole nitrogens is 1. The predicted octanol–water partition coefficient (Wildman–Crippen LogP) is 1.99. The highest BCUT2D eigenvalue weighted by molar-refractivity contribution is 5.93. The zero-order valence-electron chi connectivity index (χ0n) is 23.3. The minimum Gasteiger partial charge on any atom is -0.467 e. The molecule has 1 aromatic heterocycles. The molecule has 0 bridgehead atoms. The van der Waals surface area contributed by atoms with Crippen LogP contribution in [0.2, 0.25) is 0 Å². The van der Waals surface area contributed by atoms with Crippen molar-refractivity contribution in [1.82, 2.24) is 25.4 Å². The van der Waals surface area contributed by atoms with Crippen LogP contribution in [0.4, 0.5) is 0 Å². The topological polar surface area (TPSA) is 124 Å². The van der Waals surface area contributed by atoms with Crippen molar-refractivity contribution in [3.05, 3.63) is 36.0 Å². The van der Waals surface area contributed by atoms with Gasteiger partial charge in [0.2, 0.25) is 17.7 Å². The van der Waals surface area contributed by atoms with E-state index >= 15 is 0 Å². The van der Waals surface area contributed by atoms with Crippen LogP contribution in [0, 0.1) is 11.8 Å². The van der Waals surface area contributed by atoms with Gasteiger partial charge in [-0.05, 0) is 50.4 Å². The van der Waals surface area contributed by atoms with Crippen molar-refractivity contribution in [2.45, 2.75) is 63.5 Å². The number of hydrogen-bond acceptors (Lipinski definition) is 6. The van der Waals surface area contributed by atoms with E-state index in [9.17, 15) is 19.2 Å². The third-order valence-electron chi connectivity index (χ3n) is 8.82. The Balaban J connectivity index is 1.36. The molecule has 3 N–H and O–H groups in total. The Kier molecular flexibility index (Phi) is 9.04. The summed E-state index contributed by atoms with van der Waals surface area (Å²) in [6.07, 6.45) is 8.42. The quantitative estimate of drug-likeness (QED) is 0.452. The lowest BCUT2D eigenvalue weighted by Gasteiger charge is -2.43. The fourth-order valence-corrected chi connectivity index (χ4v) is 6.51. The molecule has 0 radical (unpaired) electrons. The second-order valence-electron chi connectivity index (χ2n) is 11.3. The smallest absolute Gasteiger partial charge is 0.328 e. The molecule has 10 heteroatoms. The van der Waals surface area contributed by atoms with Crippen molar-refractivity contribution in [2.24, 2.45) is 11.8 Å². The number of amides is 3. The van der Waals surface area contributed by atoms with E-state index in [-0.39, 0.29) is 36.6 Å². The van der Waals surface area contributed by atoms with E-state index in [0.717, 1.165) is 74.5 Å². The second-order valence-corrected chi connectivity index (χ2v) is 11.3. The number of benzene rings is 1. The van der Waals surface area contributed by atoms with E-state index in [0.29, 0.717) is 13.1 Å². The van der Waals surface area contributed by atoms with Crippen LogP contribution in [0.15, 0.2) is 30.5 Å². The van der Waals surface area contributed by atoms with Crippen molar-refractivity contribution < 1.29 is 23.9 Å². The molecule has 1 saturated carbocycles. The van der Waals surface area contributed by atoms with Crippen LogP contribution < -0.4 is 10.6 Å². The van der Waals surface area contributed by atoms with Gasteiger partial charge in [-0.15, -0.1) is 0 Å². The largest absolute Gasteiger partial charge is 0.467 e. The number of nitrogens with zero attached hydrogens (tertiary/aromatic N) is 2. The van der Waals surface area contributed by atoms with Gasteiger partial charge in [-0.3, -0.25) is 14.4 Å². The van der Waals surface area contributed by atoms with Crippen LogP contribution in [0.3, 0.4) is 0 Å². The van der Waals surface area contributed by atoms with Gasteiger partial charge in [0.15, 0.2) is 0 Å². The van der Waals surface area contributed by atoms with Crippen LogP contribution in [-0.2, 0) is 30.3 Å². The van der Waals surface area contributed by atoms with E-state index in [1.165, 1.54) is 7.11 Å². The third kappa shape index (κ3) is 6.16. The molecule has 0 spiro atoms. The lowest BCUT2D eigenvalue weighted by atomic mass is 9.87. The van der Waals surface area contributed by atoms with Crippen molar-refractivity contribution in [3.8, 4) is 0 Å². The molecular formula is C30H41N5O5. The van der Waals surface area contributed by atoms with E-state index in [1.807, 2.05) is 30.5 Å². The highest BCUT2D eigenvalue weighted by atomic mass is 16.5. The highest BCUT2D eigenvalue weighted by Gasteiger charge is 2.41. The maximum atomic E-state index is 13.9. The number of ether oxygens (including phenoxy) is 1.